The monoisotopic (exact) mass is 543 g/mol. The van der Waals surface area contributed by atoms with E-state index >= 15 is 0 Å². The number of hydrogen-bond acceptors (Lipinski definition) is 9. The summed E-state index contributed by atoms with van der Waals surface area (Å²) in [5.74, 6) is -0.704. The average Bonchev–Trinajstić information content (AvgIpc) is 3.42. The van der Waals surface area contributed by atoms with Crippen LogP contribution in [0.4, 0.5) is 5.13 Å². The second kappa shape index (κ2) is 12.3. The van der Waals surface area contributed by atoms with Crippen molar-refractivity contribution < 1.29 is 27.9 Å². The van der Waals surface area contributed by atoms with Crippen molar-refractivity contribution in [2.45, 2.75) is 62.5 Å². The number of aromatic nitrogens is 1. The van der Waals surface area contributed by atoms with Crippen LogP contribution in [0.25, 0.3) is 10.4 Å². The number of sulfone groups is 1. The van der Waals surface area contributed by atoms with Crippen molar-refractivity contribution in [3.8, 4) is 10.4 Å². The molecule has 0 spiro atoms. The van der Waals surface area contributed by atoms with Gasteiger partial charge >= 0.3 is 5.97 Å². The number of anilines is 1. The minimum atomic E-state index is -3.49. The molecule has 3 N–H and O–H groups in total. The lowest BCUT2D eigenvalue weighted by Crippen LogP contribution is -2.42. The van der Waals surface area contributed by atoms with Crippen LogP contribution < -0.4 is 10.6 Å². The van der Waals surface area contributed by atoms with Crippen molar-refractivity contribution in [2.24, 2.45) is 0 Å². The smallest absolute Gasteiger partial charge is 0.325 e. The molecule has 0 unspecified atom stereocenters. The number of ether oxygens (including phenoxy) is 1. The number of halogens is 1. The highest BCUT2D eigenvalue weighted by atomic mass is 35.5. The Labute approximate surface area is 214 Å². The van der Waals surface area contributed by atoms with E-state index in [1.165, 1.54) is 23.5 Å². The first-order valence-electron chi connectivity index (χ1n) is 11.4. The fraction of sp³-hybridized carbons (Fsp3) is 0.522. The number of amides is 1. The molecule has 1 aromatic carbocycles. The molecule has 1 saturated carbocycles. The summed E-state index contributed by atoms with van der Waals surface area (Å²) in [6.45, 7) is 1.77. The molecule has 35 heavy (non-hydrogen) atoms. The highest BCUT2D eigenvalue weighted by Crippen LogP contribution is 2.35. The van der Waals surface area contributed by atoms with Crippen molar-refractivity contribution in [1.29, 1.82) is 0 Å². The quantitative estimate of drug-likeness (QED) is 0.290. The lowest BCUT2D eigenvalue weighted by Gasteiger charge is -2.18. The van der Waals surface area contributed by atoms with Crippen molar-refractivity contribution in [3.63, 3.8) is 0 Å². The Balaban J connectivity index is 1.50. The van der Waals surface area contributed by atoms with Crippen LogP contribution in [0.3, 0.4) is 0 Å². The summed E-state index contributed by atoms with van der Waals surface area (Å²) >= 11 is 7.28. The SMILES string of the molecule is Cc1nc(NC(=O)CCCN[C@@H](CO)C(=O)OC2CCCC2)sc1-c1ccc(Cl)c(S(C)(=O)=O)c1. The average molecular weight is 544 g/mol. The molecular formula is C23H30ClN3O6S2. The molecule has 0 radical (unpaired) electrons. The maximum atomic E-state index is 12.4. The molecule has 1 amide bonds. The molecule has 0 saturated heterocycles. The van der Waals surface area contributed by atoms with Gasteiger partial charge in [0.25, 0.3) is 0 Å². The summed E-state index contributed by atoms with van der Waals surface area (Å²) in [5, 5.41) is 15.7. The second-order valence-electron chi connectivity index (χ2n) is 8.54. The maximum Gasteiger partial charge on any atom is 0.325 e. The van der Waals surface area contributed by atoms with Crippen LogP contribution in [-0.2, 0) is 24.2 Å². The second-order valence-corrected chi connectivity index (χ2v) is 11.9. The van der Waals surface area contributed by atoms with Gasteiger partial charge in [-0.15, -0.1) is 0 Å². The zero-order valence-corrected chi connectivity index (χ0v) is 22.1. The zero-order valence-electron chi connectivity index (χ0n) is 19.7. The van der Waals surface area contributed by atoms with Crippen LogP contribution in [0.15, 0.2) is 23.1 Å². The number of aliphatic hydroxyl groups excluding tert-OH is 1. The Morgan fingerprint density at radius 2 is 2.03 bits per heavy atom. The third-order valence-corrected chi connectivity index (χ3v) is 8.36. The van der Waals surface area contributed by atoms with Gasteiger partial charge in [0.1, 0.15) is 12.1 Å². The number of nitrogens with zero attached hydrogens (tertiary/aromatic N) is 1. The van der Waals surface area contributed by atoms with Gasteiger partial charge in [0.15, 0.2) is 15.0 Å². The number of aliphatic hydroxyl groups is 1. The first-order valence-corrected chi connectivity index (χ1v) is 14.5. The molecule has 9 nitrogen and oxygen atoms in total. The van der Waals surface area contributed by atoms with E-state index < -0.39 is 21.8 Å². The minimum absolute atomic E-state index is 0.0378. The standard InChI is InChI=1S/C23H30ClN3O6S2/c1-14-21(15-9-10-17(24)19(12-15)35(2,31)32)34-23(26-14)27-20(29)8-5-11-25-18(13-28)22(30)33-16-6-3-4-7-16/h9-10,12,16,18,25,28H,3-8,11,13H2,1-2H3,(H,26,27,29)/t18-/m0/s1. The number of carbonyl (C=O) groups excluding carboxylic acids is 2. The Morgan fingerprint density at radius 3 is 2.69 bits per heavy atom. The van der Waals surface area contributed by atoms with Crippen molar-refractivity contribution >= 4 is 49.8 Å². The van der Waals surface area contributed by atoms with E-state index in [1.54, 1.807) is 13.0 Å². The molecule has 12 heteroatoms. The lowest BCUT2D eigenvalue weighted by atomic mass is 10.2. The summed E-state index contributed by atoms with van der Waals surface area (Å²) in [6, 6.07) is 3.94. The van der Waals surface area contributed by atoms with Crippen LogP contribution in [0.1, 0.15) is 44.2 Å². The Hall–Kier alpha value is -2.05. The Bertz CT molecular complexity index is 1160. The lowest BCUT2D eigenvalue weighted by molar-refractivity contribution is -0.152. The van der Waals surface area contributed by atoms with Gasteiger partial charge in [-0.2, -0.15) is 0 Å². The predicted octanol–water partition coefficient (Wildman–Crippen LogP) is 3.33. The number of thiazole rings is 1. The molecule has 1 fully saturated rings. The van der Waals surface area contributed by atoms with E-state index in [1.807, 2.05) is 0 Å². The number of rotatable bonds is 11. The van der Waals surface area contributed by atoms with Gasteiger partial charge < -0.3 is 20.5 Å². The van der Waals surface area contributed by atoms with Crippen molar-refractivity contribution in [1.82, 2.24) is 10.3 Å². The molecular weight excluding hydrogens is 514 g/mol. The number of esters is 1. The fourth-order valence-electron chi connectivity index (χ4n) is 3.83. The third kappa shape index (κ3) is 7.71. The van der Waals surface area contributed by atoms with Crippen LogP contribution in [-0.4, -0.2) is 61.9 Å². The van der Waals surface area contributed by atoms with Gasteiger partial charge in [0, 0.05) is 12.7 Å². The summed E-state index contributed by atoms with van der Waals surface area (Å²) in [4.78, 5) is 29.7. The van der Waals surface area contributed by atoms with E-state index in [0.29, 0.717) is 29.4 Å². The van der Waals surface area contributed by atoms with Gasteiger partial charge in [-0.25, -0.2) is 13.4 Å². The predicted molar refractivity (Wildman–Crippen MR) is 135 cm³/mol. The Morgan fingerprint density at radius 1 is 1.31 bits per heavy atom. The first-order chi connectivity index (χ1) is 16.6. The maximum absolute atomic E-state index is 12.4. The highest BCUT2D eigenvalue weighted by Gasteiger charge is 2.25. The van der Waals surface area contributed by atoms with Crippen LogP contribution in [0.5, 0.6) is 0 Å². The summed E-state index contributed by atoms with van der Waals surface area (Å²) in [7, 11) is -3.49. The Kier molecular flexibility index (Phi) is 9.65. The molecule has 192 valence electrons. The summed E-state index contributed by atoms with van der Waals surface area (Å²) in [6.07, 6.45) is 5.48. The number of carbonyl (C=O) groups is 2. The molecule has 3 rings (SSSR count). The number of benzene rings is 1. The van der Waals surface area contributed by atoms with E-state index in [9.17, 15) is 23.1 Å². The highest BCUT2D eigenvalue weighted by molar-refractivity contribution is 7.90. The number of hydrogen-bond donors (Lipinski definition) is 3. The topological polar surface area (TPSA) is 135 Å². The van der Waals surface area contributed by atoms with E-state index in [4.69, 9.17) is 16.3 Å². The van der Waals surface area contributed by atoms with E-state index in [2.05, 4.69) is 15.6 Å². The van der Waals surface area contributed by atoms with Crippen molar-refractivity contribution in [2.75, 3.05) is 24.7 Å². The van der Waals surface area contributed by atoms with Gasteiger partial charge in [0.05, 0.1) is 27.1 Å². The van der Waals surface area contributed by atoms with E-state index in [-0.39, 0.29) is 35.0 Å². The molecule has 1 atom stereocenters. The molecule has 2 aromatic rings. The third-order valence-electron chi connectivity index (χ3n) is 5.66. The van der Waals surface area contributed by atoms with Crippen LogP contribution >= 0.6 is 22.9 Å². The normalized spacial score (nSPS) is 15.2. The molecule has 1 heterocycles. The van der Waals surface area contributed by atoms with Crippen LogP contribution in [0, 0.1) is 6.92 Å². The first kappa shape index (κ1) is 27.5. The van der Waals surface area contributed by atoms with Gasteiger partial charge in [-0.1, -0.05) is 29.0 Å². The molecule has 0 aliphatic heterocycles. The molecule has 0 bridgehead atoms. The van der Waals surface area contributed by atoms with Gasteiger partial charge in [0.2, 0.25) is 5.91 Å². The largest absolute Gasteiger partial charge is 0.461 e. The molecule has 1 aromatic heterocycles. The van der Waals surface area contributed by atoms with Crippen molar-refractivity contribution in [3.05, 3.63) is 28.9 Å². The molecule has 1 aliphatic rings. The number of nitrogens with one attached hydrogen (secondary N) is 2. The van der Waals surface area contributed by atoms with Gasteiger partial charge in [-0.3, -0.25) is 9.59 Å². The summed E-state index contributed by atoms with van der Waals surface area (Å²) in [5.41, 5.74) is 1.30. The van der Waals surface area contributed by atoms with E-state index in [0.717, 1.165) is 36.8 Å². The van der Waals surface area contributed by atoms with Crippen LogP contribution in [0.2, 0.25) is 5.02 Å². The van der Waals surface area contributed by atoms with Gasteiger partial charge in [-0.05, 0) is 63.3 Å². The summed E-state index contributed by atoms with van der Waals surface area (Å²) < 4.78 is 29.4. The fourth-order valence-corrected chi connectivity index (χ4v) is 6.11. The number of aryl methyl sites for hydroxylation is 1. The zero-order chi connectivity index (χ0) is 25.6. The minimum Gasteiger partial charge on any atom is -0.461 e. The molecule has 1 aliphatic carbocycles.